The number of hydrogen-bond acceptors (Lipinski definition) is 4. The van der Waals surface area contributed by atoms with Crippen LogP contribution in [0.15, 0.2) is 0 Å². The predicted octanol–water partition coefficient (Wildman–Crippen LogP) is -0.671. The monoisotopic (exact) mass is 149 g/mol. The summed E-state index contributed by atoms with van der Waals surface area (Å²) in [5, 5.41) is 7.91. The second kappa shape index (κ2) is 11.2. The van der Waals surface area contributed by atoms with Gasteiger partial charge >= 0.3 is 0 Å². The molecule has 0 heterocycles. The highest BCUT2D eigenvalue weighted by molar-refractivity contribution is 5.36. The Bertz CT molecular complexity index is 63.3. The molecule has 0 aromatic rings. The standard InChI is InChI=1S/C3H9N.C3H6O3/c1-4(2)3;4-1-2-6-3-5/h1-3H3;3-4H,1-2H2. The number of rotatable bonds is 3. The van der Waals surface area contributed by atoms with E-state index in [1.807, 2.05) is 26.0 Å². The molecule has 0 rings (SSSR count). The molecule has 0 fully saturated rings. The van der Waals surface area contributed by atoms with Crippen LogP contribution >= 0.6 is 0 Å². The molecule has 0 radical (unpaired) electrons. The van der Waals surface area contributed by atoms with Crippen LogP contribution in [-0.2, 0) is 9.53 Å². The van der Waals surface area contributed by atoms with E-state index in [4.69, 9.17) is 5.11 Å². The highest BCUT2D eigenvalue weighted by Crippen LogP contribution is 1.58. The maximum Gasteiger partial charge on any atom is 0.293 e. The number of nitrogens with zero attached hydrogens (tertiary/aromatic N) is 1. The zero-order valence-electron chi connectivity index (χ0n) is 6.70. The molecule has 10 heavy (non-hydrogen) atoms. The van der Waals surface area contributed by atoms with Gasteiger partial charge in [0.15, 0.2) is 0 Å². The lowest BCUT2D eigenvalue weighted by Crippen LogP contribution is -1.99. The second-order valence-corrected chi connectivity index (χ2v) is 2.03. The van der Waals surface area contributed by atoms with Gasteiger partial charge in [-0.25, -0.2) is 0 Å². The molecule has 0 amide bonds. The van der Waals surface area contributed by atoms with Crippen molar-refractivity contribution in [3.05, 3.63) is 0 Å². The smallest absolute Gasteiger partial charge is 0.293 e. The van der Waals surface area contributed by atoms with Crippen LogP contribution in [0.5, 0.6) is 0 Å². The topological polar surface area (TPSA) is 49.8 Å². The van der Waals surface area contributed by atoms with Gasteiger partial charge in [-0.2, -0.15) is 0 Å². The zero-order valence-corrected chi connectivity index (χ0v) is 6.70. The Kier molecular flexibility index (Phi) is 13.6. The molecule has 0 spiro atoms. The van der Waals surface area contributed by atoms with Crippen molar-refractivity contribution in [3.8, 4) is 0 Å². The summed E-state index contributed by atoms with van der Waals surface area (Å²) in [6.07, 6.45) is 0. The van der Waals surface area contributed by atoms with Crippen LogP contribution in [0, 0.1) is 0 Å². The van der Waals surface area contributed by atoms with Gasteiger partial charge < -0.3 is 14.7 Å². The fourth-order valence-electron chi connectivity index (χ4n) is 0.101. The normalized spacial score (nSPS) is 8.10. The first kappa shape index (κ1) is 12.1. The highest BCUT2D eigenvalue weighted by Gasteiger charge is 1.72. The first-order valence-electron chi connectivity index (χ1n) is 2.92. The lowest BCUT2D eigenvalue weighted by Gasteiger charge is -1.90. The third kappa shape index (κ3) is 52.8. The molecule has 4 heteroatoms. The van der Waals surface area contributed by atoms with Crippen LogP contribution in [0.4, 0.5) is 0 Å². The third-order valence-corrected chi connectivity index (χ3v) is 0.277. The van der Waals surface area contributed by atoms with Gasteiger partial charge in [0.1, 0.15) is 6.61 Å². The first-order valence-corrected chi connectivity index (χ1v) is 2.92. The minimum Gasteiger partial charge on any atom is -0.465 e. The van der Waals surface area contributed by atoms with Crippen molar-refractivity contribution in [1.29, 1.82) is 0 Å². The predicted molar refractivity (Wildman–Crippen MR) is 38.7 cm³/mol. The van der Waals surface area contributed by atoms with Gasteiger partial charge in [-0.05, 0) is 21.1 Å². The average Bonchev–Trinajstić information content (AvgIpc) is 1.82. The highest BCUT2D eigenvalue weighted by atomic mass is 16.5. The summed E-state index contributed by atoms with van der Waals surface area (Å²) in [6, 6.07) is 0. The summed E-state index contributed by atoms with van der Waals surface area (Å²) >= 11 is 0. The summed E-state index contributed by atoms with van der Waals surface area (Å²) < 4.78 is 4.05. The molecule has 0 aromatic carbocycles. The minimum atomic E-state index is -0.0985. The van der Waals surface area contributed by atoms with Crippen LogP contribution in [0.2, 0.25) is 0 Å². The van der Waals surface area contributed by atoms with Crippen molar-refractivity contribution < 1.29 is 14.6 Å². The van der Waals surface area contributed by atoms with E-state index >= 15 is 0 Å². The lowest BCUT2D eigenvalue weighted by atomic mass is 10.8. The number of ether oxygens (including phenoxy) is 1. The quantitative estimate of drug-likeness (QED) is 0.427. The van der Waals surface area contributed by atoms with Crippen molar-refractivity contribution in [2.45, 2.75) is 0 Å². The Morgan fingerprint density at radius 2 is 1.90 bits per heavy atom. The van der Waals surface area contributed by atoms with Gasteiger partial charge in [-0.15, -0.1) is 0 Å². The third-order valence-electron chi connectivity index (χ3n) is 0.277. The van der Waals surface area contributed by atoms with Crippen LogP contribution in [0.25, 0.3) is 0 Å². The minimum absolute atomic E-state index is 0.0985. The number of carbonyl (C=O) groups is 1. The summed E-state index contributed by atoms with van der Waals surface area (Å²) in [7, 11) is 6.00. The van der Waals surface area contributed by atoms with Crippen LogP contribution in [0.1, 0.15) is 0 Å². The van der Waals surface area contributed by atoms with Crippen molar-refractivity contribution >= 4 is 6.47 Å². The van der Waals surface area contributed by atoms with Crippen molar-refractivity contribution in [1.82, 2.24) is 4.90 Å². The number of aliphatic hydroxyl groups excluding tert-OH is 1. The molecule has 62 valence electrons. The zero-order chi connectivity index (χ0) is 8.41. The largest absolute Gasteiger partial charge is 0.465 e. The van der Waals surface area contributed by atoms with Crippen molar-refractivity contribution in [2.24, 2.45) is 0 Å². The second-order valence-electron chi connectivity index (χ2n) is 2.03. The van der Waals surface area contributed by atoms with E-state index in [2.05, 4.69) is 4.74 Å². The molecule has 0 aliphatic rings. The van der Waals surface area contributed by atoms with Gasteiger partial charge in [0.25, 0.3) is 6.47 Å². The Hall–Kier alpha value is -0.610. The molecule has 0 aliphatic carbocycles. The maximum atomic E-state index is 9.23. The van der Waals surface area contributed by atoms with Crippen LogP contribution in [0.3, 0.4) is 0 Å². The molecule has 0 bridgehead atoms. The van der Waals surface area contributed by atoms with E-state index in [9.17, 15) is 4.79 Å². The molecule has 0 saturated heterocycles. The summed E-state index contributed by atoms with van der Waals surface area (Å²) in [5.41, 5.74) is 0. The van der Waals surface area contributed by atoms with Crippen LogP contribution < -0.4 is 0 Å². The number of hydrogen-bond donors (Lipinski definition) is 1. The van der Waals surface area contributed by atoms with Gasteiger partial charge in [0, 0.05) is 0 Å². The summed E-state index contributed by atoms with van der Waals surface area (Å²) in [5.74, 6) is 0. The molecule has 0 unspecified atom stereocenters. The van der Waals surface area contributed by atoms with Gasteiger partial charge in [-0.1, -0.05) is 0 Å². The Morgan fingerprint density at radius 3 is 2.00 bits per heavy atom. The molecule has 0 aliphatic heterocycles. The van der Waals surface area contributed by atoms with E-state index in [1.165, 1.54) is 0 Å². The van der Waals surface area contributed by atoms with Crippen molar-refractivity contribution in [3.63, 3.8) is 0 Å². The fraction of sp³-hybridized carbons (Fsp3) is 0.833. The Morgan fingerprint density at radius 1 is 1.50 bits per heavy atom. The van der Waals surface area contributed by atoms with E-state index in [0.29, 0.717) is 6.47 Å². The molecule has 4 nitrogen and oxygen atoms in total. The Labute approximate surface area is 61.4 Å². The molecule has 0 saturated carbocycles. The number of carbonyl (C=O) groups excluding carboxylic acids is 1. The van der Waals surface area contributed by atoms with E-state index in [0.717, 1.165) is 0 Å². The van der Waals surface area contributed by atoms with Gasteiger partial charge in [-0.3, -0.25) is 4.79 Å². The number of aliphatic hydroxyl groups is 1. The lowest BCUT2D eigenvalue weighted by molar-refractivity contribution is -0.129. The fourth-order valence-corrected chi connectivity index (χ4v) is 0.101. The molecule has 0 aromatic heterocycles. The van der Waals surface area contributed by atoms with Crippen molar-refractivity contribution in [2.75, 3.05) is 34.4 Å². The summed E-state index contributed by atoms with van der Waals surface area (Å²) in [4.78, 5) is 11.2. The van der Waals surface area contributed by atoms with E-state index < -0.39 is 0 Å². The SMILES string of the molecule is CN(C)C.O=COCCO. The van der Waals surface area contributed by atoms with Crippen LogP contribution in [-0.4, -0.2) is 50.8 Å². The average molecular weight is 149 g/mol. The Balaban J connectivity index is 0. The maximum absolute atomic E-state index is 9.23. The van der Waals surface area contributed by atoms with Gasteiger partial charge in [0.2, 0.25) is 0 Å². The molecular formula is C6H15NO3. The summed E-state index contributed by atoms with van der Waals surface area (Å²) in [6.45, 7) is 0.304. The van der Waals surface area contributed by atoms with Gasteiger partial charge in [0.05, 0.1) is 6.61 Å². The molecular weight excluding hydrogens is 134 g/mol. The first-order chi connectivity index (χ1) is 4.65. The van der Waals surface area contributed by atoms with E-state index in [1.54, 1.807) is 0 Å². The van der Waals surface area contributed by atoms with E-state index in [-0.39, 0.29) is 13.2 Å². The molecule has 0 atom stereocenters. The molecule has 1 N–H and O–H groups in total.